The Labute approximate surface area is 85.5 Å². The van der Waals surface area contributed by atoms with Crippen molar-refractivity contribution in [1.29, 1.82) is 0 Å². The number of hydrogen-bond donors (Lipinski definition) is 1. The summed E-state index contributed by atoms with van der Waals surface area (Å²) in [5, 5.41) is 0. The van der Waals surface area contributed by atoms with Crippen molar-refractivity contribution < 1.29 is 8.42 Å². The van der Waals surface area contributed by atoms with Gasteiger partial charge in [0.1, 0.15) is 0 Å². The van der Waals surface area contributed by atoms with E-state index in [0.717, 1.165) is 6.42 Å². The van der Waals surface area contributed by atoms with E-state index in [9.17, 15) is 8.42 Å². The third-order valence-electron chi connectivity index (χ3n) is 3.37. The minimum atomic E-state index is -2.95. The molecule has 2 fully saturated rings. The van der Waals surface area contributed by atoms with Crippen molar-refractivity contribution in [3.05, 3.63) is 0 Å². The lowest BCUT2D eigenvalue weighted by Gasteiger charge is -2.33. The van der Waals surface area contributed by atoms with Crippen LogP contribution in [-0.2, 0) is 10.0 Å². The minimum absolute atomic E-state index is 0.0524. The molecule has 1 saturated carbocycles. The minimum Gasteiger partial charge on any atom is -0.326 e. The zero-order valence-corrected chi connectivity index (χ0v) is 9.17. The largest absolute Gasteiger partial charge is 0.326 e. The molecule has 1 unspecified atom stereocenters. The summed E-state index contributed by atoms with van der Waals surface area (Å²) in [6.07, 6.45) is 4.37. The number of nitrogens with two attached hydrogens (primary N) is 1. The third-order valence-corrected chi connectivity index (χ3v) is 5.30. The van der Waals surface area contributed by atoms with Crippen molar-refractivity contribution in [1.82, 2.24) is 4.31 Å². The molecule has 0 radical (unpaired) electrons. The van der Waals surface area contributed by atoms with Crippen LogP contribution in [0.25, 0.3) is 0 Å². The van der Waals surface area contributed by atoms with Gasteiger partial charge in [0.2, 0.25) is 10.0 Å². The molecule has 0 aromatic carbocycles. The molecular weight excluding hydrogens is 200 g/mol. The highest BCUT2D eigenvalue weighted by Crippen LogP contribution is 2.29. The van der Waals surface area contributed by atoms with Crippen LogP contribution >= 0.6 is 0 Å². The van der Waals surface area contributed by atoms with Crippen LogP contribution in [0.5, 0.6) is 0 Å². The van der Waals surface area contributed by atoms with Crippen LogP contribution in [0.4, 0.5) is 0 Å². The molecule has 1 heterocycles. The van der Waals surface area contributed by atoms with Gasteiger partial charge in [-0.15, -0.1) is 0 Å². The van der Waals surface area contributed by atoms with Crippen LogP contribution in [0.15, 0.2) is 0 Å². The average Bonchev–Trinajstić information content (AvgIpc) is 2.27. The second kappa shape index (κ2) is 3.79. The summed E-state index contributed by atoms with van der Waals surface area (Å²) in [4.78, 5) is 0. The summed E-state index contributed by atoms with van der Waals surface area (Å²) in [7, 11) is -2.95. The normalized spacial score (nSPS) is 30.1. The third kappa shape index (κ3) is 1.94. The van der Waals surface area contributed by atoms with Gasteiger partial charge in [0.05, 0.1) is 5.75 Å². The maximum atomic E-state index is 11.5. The van der Waals surface area contributed by atoms with Crippen LogP contribution in [0, 0.1) is 5.92 Å². The first-order chi connectivity index (χ1) is 6.59. The molecule has 0 spiro atoms. The summed E-state index contributed by atoms with van der Waals surface area (Å²) in [5.41, 5.74) is 5.97. The molecule has 1 saturated heterocycles. The lowest BCUT2D eigenvalue weighted by Crippen LogP contribution is -2.45. The number of nitrogens with zero attached hydrogens (tertiary/aromatic N) is 1. The molecule has 0 aromatic heterocycles. The Morgan fingerprint density at radius 2 is 2.07 bits per heavy atom. The van der Waals surface area contributed by atoms with Gasteiger partial charge in [-0.25, -0.2) is 12.7 Å². The lowest BCUT2D eigenvalue weighted by molar-refractivity contribution is 0.234. The second-order valence-electron chi connectivity index (χ2n) is 4.38. The quantitative estimate of drug-likeness (QED) is 0.733. The first kappa shape index (κ1) is 10.4. The first-order valence-corrected chi connectivity index (χ1v) is 6.94. The van der Waals surface area contributed by atoms with Gasteiger partial charge in [-0.05, 0) is 25.2 Å². The van der Waals surface area contributed by atoms with Crippen LogP contribution in [0.1, 0.15) is 25.7 Å². The number of hydrogen-bond acceptors (Lipinski definition) is 3. The second-order valence-corrected chi connectivity index (χ2v) is 6.47. The van der Waals surface area contributed by atoms with E-state index in [-0.39, 0.29) is 6.04 Å². The zero-order chi connectivity index (χ0) is 10.2. The Morgan fingerprint density at radius 1 is 1.36 bits per heavy atom. The molecule has 82 valence electrons. The van der Waals surface area contributed by atoms with Gasteiger partial charge < -0.3 is 5.73 Å². The van der Waals surface area contributed by atoms with E-state index < -0.39 is 10.0 Å². The number of rotatable bonds is 3. The van der Waals surface area contributed by atoms with Crippen LogP contribution in [-0.4, -0.2) is 37.6 Å². The van der Waals surface area contributed by atoms with Gasteiger partial charge in [0, 0.05) is 19.1 Å². The molecule has 0 bridgehead atoms. The fourth-order valence-corrected chi connectivity index (χ4v) is 3.71. The Balaban J connectivity index is 1.90. The molecule has 0 amide bonds. The topological polar surface area (TPSA) is 63.4 Å². The summed E-state index contributed by atoms with van der Waals surface area (Å²) in [6, 6.07) is 0.0524. The molecule has 1 aliphatic carbocycles. The van der Waals surface area contributed by atoms with Crippen molar-refractivity contribution in [3.8, 4) is 0 Å². The van der Waals surface area contributed by atoms with Crippen molar-refractivity contribution in [3.63, 3.8) is 0 Å². The van der Waals surface area contributed by atoms with Gasteiger partial charge in [-0.2, -0.15) is 0 Å². The van der Waals surface area contributed by atoms with Gasteiger partial charge in [-0.3, -0.25) is 0 Å². The van der Waals surface area contributed by atoms with Gasteiger partial charge in [-0.1, -0.05) is 6.42 Å². The Bertz CT molecular complexity index is 298. The SMILES string of the molecule is NC(CN1CCCS1(=O)=O)C1CCC1. The molecule has 2 aliphatic rings. The predicted octanol–water partition coefficient (Wildman–Crippen LogP) is 0.149. The first-order valence-electron chi connectivity index (χ1n) is 5.33. The highest BCUT2D eigenvalue weighted by molar-refractivity contribution is 7.89. The van der Waals surface area contributed by atoms with Crippen molar-refractivity contribution in [2.24, 2.45) is 11.7 Å². The molecule has 14 heavy (non-hydrogen) atoms. The van der Waals surface area contributed by atoms with E-state index in [2.05, 4.69) is 0 Å². The van der Waals surface area contributed by atoms with E-state index in [0.29, 0.717) is 24.8 Å². The summed E-state index contributed by atoms with van der Waals surface area (Å²) >= 11 is 0. The molecule has 0 aromatic rings. The van der Waals surface area contributed by atoms with E-state index in [1.807, 2.05) is 0 Å². The Hall–Kier alpha value is -0.130. The van der Waals surface area contributed by atoms with E-state index in [1.54, 1.807) is 4.31 Å². The van der Waals surface area contributed by atoms with Crippen molar-refractivity contribution in [2.45, 2.75) is 31.7 Å². The Morgan fingerprint density at radius 3 is 2.50 bits per heavy atom. The lowest BCUT2D eigenvalue weighted by atomic mass is 9.80. The molecular formula is C9H18N2O2S. The maximum absolute atomic E-state index is 11.5. The Kier molecular flexibility index (Phi) is 2.81. The monoisotopic (exact) mass is 218 g/mol. The summed E-state index contributed by atoms with van der Waals surface area (Å²) < 4.78 is 24.6. The van der Waals surface area contributed by atoms with E-state index in [4.69, 9.17) is 5.73 Å². The molecule has 2 rings (SSSR count). The standard InChI is InChI=1S/C9H18N2O2S/c10-9(8-3-1-4-8)7-11-5-2-6-14(11,12)13/h8-9H,1-7,10H2. The van der Waals surface area contributed by atoms with Crippen LogP contribution in [0.2, 0.25) is 0 Å². The number of sulfonamides is 1. The van der Waals surface area contributed by atoms with Crippen molar-refractivity contribution >= 4 is 10.0 Å². The van der Waals surface area contributed by atoms with Crippen molar-refractivity contribution in [2.75, 3.05) is 18.8 Å². The van der Waals surface area contributed by atoms with Crippen LogP contribution < -0.4 is 5.73 Å². The summed E-state index contributed by atoms with van der Waals surface area (Å²) in [6.45, 7) is 1.20. The molecule has 4 nitrogen and oxygen atoms in total. The average molecular weight is 218 g/mol. The fourth-order valence-electron chi connectivity index (χ4n) is 2.15. The smallest absolute Gasteiger partial charge is 0.214 e. The predicted molar refractivity (Wildman–Crippen MR) is 55.3 cm³/mol. The highest BCUT2D eigenvalue weighted by atomic mass is 32.2. The molecule has 1 aliphatic heterocycles. The van der Waals surface area contributed by atoms with E-state index in [1.165, 1.54) is 19.3 Å². The van der Waals surface area contributed by atoms with Gasteiger partial charge in [0.25, 0.3) is 0 Å². The summed E-state index contributed by atoms with van der Waals surface area (Å²) in [5.74, 6) is 0.871. The zero-order valence-electron chi connectivity index (χ0n) is 8.35. The van der Waals surface area contributed by atoms with E-state index >= 15 is 0 Å². The molecule has 1 atom stereocenters. The molecule has 5 heteroatoms. The van der Waals surface area contributed by atoms with Crippen LogP contribution in [0.3, 0.4) is 0 Å². The maximum Gasteiger partial charge on any atom is 0.214 e. The fraction of sp³-hybridized carbons (Fsp3) is 1.00. The van der Waals surface area contributed by atoms with Gasteiger partial charge >= 0.3 is 0 Å². The molecule has 2 N–H and O–H groups in total. The highest BCUT2D eigenvalue weighted by Gasteiger charge is 2.33. The van der Waals surface area contributed by atoms with Gasteiger partial charge in [0.15, 0.2) is 0 Å².